The molecular formula is C41H46N8O6. The number of amides is 4. The molecule has 2 saturated carbocycles. The lowest BCUT2D eigenvalue weighted by atomic mass is 10.0. The smallest absolute Gasteiger partial charge is 0.407 e. The quantitative estimate of drug-likeness (QED) is 0.142. The number of hydrogen-bond donors (Lipinski definition) is 5. The van der Waals surface area contributed by atoms with E-state index in [0.29, 0.717) is 17.7 Å². The molecule has 4 aromatic rings. The van der Waals surface area contributed by atoms with Crippen molar-refractivity contribution in [3.63, 3.8) is 0 Å². The van der Waals surface area contributed by atoms with Crippen molar-refractivity contribution in [3.05, 3.63) is 71.4 Å². The number of H-pyrrole nitrogens is 2. The highest BCUT2D eigenvalue weighted by atomic mass is 16.5. The SMILES string of the molecule is COC(=O)N[C@H](C(=O)N1[C@@H]2CC2C[C@H]1c1ncc(-c2ccc(C#Cc3ccc4nc([C@@H]5CC6C[C@H]6N5C(=O)[C@@H](NC(=O)O)C(C)C)[nH]c4c3)cc2)[nH]1)C(C)C. The number of methoxy groups -OCH3 is 1. The van der Waals surface area contributed by atoms with Gasteiger partial charge in [-0.3, -0.25) is 9.59 Å². The minimum atomic E-state index is -1.21. The minimum absolute atomic E-state index is 0.105. The van der Waals surface area contributed by atoms with E-state index >= 15 is 0 Å². The van der Waals surface area contributed by atoms with Crippen LogP contribution in [0.15, 0.2) is 48.7 Å². The number of piperidine rings is 2. The average Bonchev–Trinajstić information content (AvgIpc) is 3.79. The third kappa shape index (κ3) is 6.99. The van der Waals surface area contributed by atoms with Gasteiger partial charge in [0.2, 0.25) is 11.8 Å². The standard InChI is InChI=1S/C41H46N8O6/c1-20(2)34(46-40(52)53)38(50)49-31-16-26(31)18-33(49)37-43-27-13-10-23(14-28(27)44-37)7-6-22-8-11-24(12-9-22)29-19-42-36(45-29)32-17-25-15-30(25)48(32)39(51)35(21(3)4)47-41(54)55-5/h8-14,19-21,25-26,30-35,46H,15-18H2,1-5H3,(H,42,45)(H,43,44)(H,47,54)(H,52,53)/t25?,26?,30-,31-,32+,33+,34+,35+/m1/s1. The Morgan fingerprint density at radius 3 is 1.98 bits per heavy atom. The van der Waals surface area contributed by atoms with Crippen LogP contribution in [0.25, 0.3) is 22.3 Å². The van der Waals surface area contributed by atoms with Crippen molar-refractivity contribution in [1.29, 1.82) is 0 Å². The van der Waals surface area contributed by atoms with E-state index < -0.39 is 24.3 Å². The van der Waals surface area contributed by atoms with Crippen LogP contribution >= 0.6 is 0 Å². The molecule has 2 aliphatic carbocycles. The molecule has 4 fully saturated rings. The van der Waals surface area contributed by atoms with Crippen molar-refractivity contribution >= 4 is 35.0 Å². The van der Waals surface area contributed by atoms with Gasteiger partial charge in [0.1, 0.15) is 23.7 Å². The molecule has 8 atom stereocenters. The zero-order chi connectivity index (χ0) is 38.7. The monoisotopic (exact) mass is 746 g/mol. The summed E-state index contributed by atoms with van der Waals surface area (Å²) in [5.74, 6) is 8.19. The van der Waals surface area contributed by atoms with Crippen LogP contribution < -0.4 is 10.6 Å². The van der Waals surface area contributed by atoms with Gasteiger partial charge < -0.3 is 40.2 Å². The molecule has 8 rings (SSSR count). The van der Waals surface area contributed by atoms with Crippen molar-refractivity contribution in [2.45, 2.75) is 89.6 Å². The molecule has 4 amide bonds. The van der Waals surface area contributed by atoms with Crippen molar-refractivity contribution in [2.75, 3.05) is 7.11 Å². The number of imidazole rings is 2. The molecule has 0 radical (unpaired) electrons. The molecular weight excluding hydrogens is 701 g/mol. The number of ether oxygens (including phenoxy) is 1. The molecule has 2 unspecified atom stereocenters. The molecule has 2 aromatic heterocycles. The molecule has 4 aliphatic rings. The molecule has 0 bridgehead atoms. The first kappa shape index (κ1) is 36.2. The number of carbonyl (C=O) groups is 4. The van der Waals surface area contributed by atoms with E-state index in [9.17, 15) is 24.3 Å². The molecule has 14 heteroatoms. The highest BCUT2D eigenvalue weighted by Gasteiger charge is 2.57. The van der Waals surface area contributed by atoms with Crippen molar-refractivity contribution < 1.29 is 29.0 Å². The number of benzene rings is 2. The van der Waals surface area contributed by atoms with Gasteiger partial charge in [0.25, 0.3) is 0 Å². The Hall–Kier alpha value is -5.84. The maximum absolute atomic E-state index is 13.7. The lowest BCUT2D eigenvalue weighted by Gasteiger charge is -2.31. The number of fused-ring (bicyclic) bond motifs is 3. The number of likely N-dealkylation sites (tertiary alicyclic amines) is 2. The molecule has 2 aliphatic heterocycles. The van der Waals surface area contributed by atoms with E-state index in [1.807, 2.05) is 80.0 Å². The van der Waals surface area contributed by atoms with Gasteiger partial charge in [0.15, 0.2) is 0 Å². The number of nitrogens with one attached hydrogen (secondary N) is 4. The molecule has 286 valence electrons. The lowest BCUT2D eigenvalue weighted by Crippen LogP contribution is -2.52. The number of aromatic amines is 2. The third-order valence-corrected chi connectivity index (χ3v) is 11.6. The summed E-state index contributed by atoms with van der Waals surface area (Å²) in [6.07, 6.45) is 3.50. The zero-order valence-electron chi connectivity index (χ0n) is 31.5. The fourth-order valence-corrected chi connectivity index (χ4v) is 8.50. The second-order valence-corrected chi connectivity index (χ2v) is 16.0. The Bertz CT molecular complexity index is 2220. The normalized spacial score (nSPS) is 24.5. The third-order valence-electron chi connectivity index (χ3n) is 11.6. The Labute approximate surface area is 318 Å². The molecule has 55 heavy (non-hydrogen) atoms. The predicted octanol–water partition coefficient (Wildman–Crippen LogP) is 5.35. The Kier molecular flexibility index (Phi) is 9.27. The zero-order valence-corrected chi connectivity index (χ0v) is 31.5. The first-order chi connectivity index (χ1) is 26.4. The van der Waals surface area contributed by atoms with Gasteiger partial charge in [0, 0.05) is 23.2 Å². The Balaban J connectivity index is 0.946. The summed E-state index contributed by atoms with van der Waals surface area (Å²) in [6.45, 7) is 7.51. The van der Waals surface area contributed by atoms with Gasteiger partial charge in [0.05, 0.1) is 42.1 Å². The van der Waals surface area contributed by atoms with Gasteiger partial charge in [-0.15, -0.1) is 0 Å². The number of aromatic nitrogens is 4. The van der Waals surface area contributed by atoms with E-state index in [2.05, 4.69) is 32.4 Å². The van der Waals surface area contributed by atoms with Crippen LogP contribution in [0.2, 0.25) is 0 Å². The molecule has 2 saturated heterocycles. The maximum Gasteiger partial charge on any atom is 0.407 e. The molecule has 0 spiro atoms. The topological polar surface area (TPSA) is 186 Å². The Morgan fingerprint density at radius 1 is 0.800 bits per heavy atom. The summed E-state index contributed by atoms with van der Waals surface area (Å²) >= 11 is 0. The van der Waals surface area contributed by atoms with Crippen LogP contribution in [-0.2, 0) is 14.3 Å². The first-order valence-electron chi connectivity index (χ1n) is 19.1. The summed E-state index contributed by atoms with van der Waals surface area (Å²) in [7, 11) is 1.29. The predicted molar refractivity (Wildman–Crippen MR) is 202 cm³/mol. The van der Waals surface area contributed by atoms with Crippen LogP contribution in [-0.4, -0.2) is 90.1 Å². The van der Waals surface area contributed by atoms with Gasteiger partial charge in [-0.2, -0.15) is 0 Å². The van der Waals surface area contributed by atoms with Gasteiger partial charge in [-0.05, 0) is 85.3 Å². The molecule has 14 nitrogen and oxygen atoms in total. The molecule has 2 aromatic carbocycles. The highest BCUT2D eigenvalue weighted by molar-refractivity contribution is 5.88. The molecule has 4 heterocycles. The van der Waals surface area contributed by atoms with Crippen LogP contribution in [0.3, 0.4) is 0 Å². The number of carboxylic acid groups (broad SMARTS) is 1. The number of rotatable bonds is 9. The van der Waals surface area contributed by atoms with Crippen molar-refractivity contribution in [2.24, 2.45) is 23.7 Å². The van der Waals surface area contributed by atoms with Crippen LogP contribution in [0.4, 0.5) is 9.59 Å². The van der Waals surface area contributed by atoms with Gasteiger partial charge in [-0.25, -0.2) is 19.6 Å². The van der Waals surface area contributed by atoms with E-state index in [0.717, 1.165) is 64.9 Å². The van der Waals surface area contributed by atoms with Crippen molar-refractivity contribution in [1.82, 2.24) is 40.4 Å². The maximum atomic E-state index is 13.7. The summed E-state index contributed by atoms with van der Waals surface area (Å²) < 4.78 is 4.78. The number of hydrogen-bond acceptors (Lipinski definition) is 7. The van der Waals surface area contributed by atoms with Crippen LogP contribution in [0.5, 0.6) is 0 Å². The van der Waals surface area contributed by atoms with Gasteiger partial charge >= 0.3 is 12.2 Å². The minimum Gasteiger partial charge on any atom is -0.465 e. The van der Waals surface area contributed by atoms with E-state index in [-0.39, 0.29) is 47.8 Å². The summed E-state index contributed by atoms with van der Waals surface area (Å²) in [6, 6.07) is 12.1. The average molecular weight is 747 g/mol. The van der Waals surface area contributed by atoms with E-state index in [1.54, 1.807) is 6.20 Å². The summed E-state index contributed by atoms with van der Waals surface area (Å²) in [4.78, 5) is 71.0. The largest absolute Gasteiger partial charge is 0.465 e. The van der Waals surface area contributed by atoms with Crippen LogP contribution in [0, 0.1) is 35.5 Å². The first-order valence-corrected chi connectivity index (χ1v) is 19.1. The van der Waals surface area contributed by atoms with E-state index in [1.165, 1.54) is 7.11 Å². The molecule has 5 N–H and O–H groups in total. The second-order valence-electron chi connectivity index (χ2n) is 16.0. The summed E-state index contributed by atoms with van der Waals surface area (Å²) in [5, 5.41) is 14.5. The van der Waals surface area contributed by atoms with Crippen molar-refractivity contribution in [3.8, 4) is 23.1 Å². The fraction of sp³-hybridized carbons (Fsp3) is 0.463. The lowest BCUT2D eigenvalue weighted by molar-refractivity contribution is -0.137. The second kappa shape index (κ2) is 14.1. The van der Waals surface area contributed by atoms with Crippen LogP contribution in [0.1, 0.15) is 88.2 Å². The van der Waals surface area contributed by atoms with E-state index in [4.69, 9.17) is 14.7 Å². The van der Waals surface area contributed by atoms with Gasteiger partial charge in [-0.1, -0.05) is 51.7 Å². The summed E-state index contributed by atoms with van der Waals surface area (Å²) in [5.41, 5.74) is 5.04. The Morgan fingerprint density at radius 2 is 1.38 bits per heavy atom. The number of nitrogens with zero attached hydrogens (tertiary/aromatic N) is 4. The number of alkyl carbamates (subject to hydrolysis) is 1. The highest BCUT2D eigenvalue weighted by Crippen LogP contribution is 2.54. The number of carbonyl (C=O) groups excluding carboxylic acids is 3. The fourth-order valence-electron chi connectivity index (χ4n) is 8.50.